The van der Waals surface area contributed by atoms with Gasteiger partial charge in [0.1, 0.15) is 10.6 Å². The molecule has 0 amide bonds. The van der Waals surface area contributed by atoms with Crippen LogP contribution >= 0.6 is 11.3 Å². The van der Waals surface area contributed by atoms with Gasteiger partial charge in [0.2, 0.25) is 5.95 Å². The first-order valence-corrected chi connectivity index (χ1v) is 7.39. The minimum atomic E-state index is 0.721. The number of hydrogen-bond donors (Lipinski definition) is 2. The van der Waals surface area contributed by atoms with E-state index in [1.165, 1.54) is 6.42 Å². The Bertz CT molecular complexity index is 551. The Hall–Kier alpha value is -1.36. The van der Waals surface area contributed by atoms with E-state index in [0.29, 0.717) is 0 Å². The number of rotatable bonds is 5. The lowest BCUT2D eigenvalue weighted by Crippen LogP contribution is -2.09. The molecule has 0 saturated heterocycles. The van der Waals surface area contributed by atoms with Gasteiger partial charge in [-0.1, -0.05) is 6.92 Å². The summed E-state index contributed by atoms with van der Waals surface area (Å²) in [7, 11) is 0. The van der Waals surface area contributed by atoms with Gasteiger partial charge >= 0.3 is 0 Å². The summed E-state index contributed by atoms with van der Waals surface area (Å²) in [4.78, 5) is 10.1. The zero-order valence-electron chi connectivity index (χ0n) is 10.7. The van der Waals surface area contributed by atoms with Crippen LogP contribution in [0.1, 0.15) is 20.3 Å². The summed E-state index contributed by atoms with van der Waals surface area (Å²) in [5, 5.41) is 9.87. The van der Waals surface area contributed by atoms with Crippen LogP contribution in [0.4, 0.5) is 11.8 Å². The van der Waals surface area contributed by atoms with E-state index in [2.05, 4.69) is 45.9 Å². The summed E-state index contributed by atoms with van der Waals surface area (Å²) < 4.78 is 0. The lowest BCUT2D eigenvalue weighted by molar-refractivity contribution is 0.785. The molecule has 0 bridgehead atoms. The van der Waals surface area contributed by atoms with Crippen LogP contribution in [0.5, 0.6) is 0 Å². The van der Waals surface area contributed by atoms with Crippen molar-refractivity contribution in [3.05, 3.63) is 11.4 Å². The fraction of sp³-hybridized carbons (Fsp3) is 0.538. The van der Waals surface area contributed by atoms with E-state index in [0.717, 1.165) is 46.9 Å². The maximum atomic E-state index is 4.56. The Balaban J connectivity index is 1.84. The average molecular weight is 262 g/mol. The van der Waals surface area contributed by atoms with Crippen molar-refractivity contribution in [3.8, 4) is 0 Å². The molecule has 18 heavy (non-hydrogen) atoms. The average Bonchev–Trinajstić information content (AvgIpc) is 2.87. The molecule has 2 heterocycles. The minimum Gasteiger partial charge on any atom is -0.369 e. The smallest absolute Gasteiger partial charge is 0.226 e. The van der Waals surface area contributed by atoms with Gasteiger partial charge in [0.25, 0.3) is 0 Å². The van der Waals surface area contributed by atoms with E-state index < -0.39 is 0 Å². The van der Waals surface area contributed by atoms with Gasteiger partial charge in [-0.2, -0.15) is 4.98 Å². The molecule has 1 saturated carbocycles. The lowest BCUT2D eigenvalue weighted by Gasteiger charge is -2.08. The van der Waals surface area contributed by atoms with Gasteiger partial charge in [0.15, 0.2) is 0 Å². The Morgan fingerprint density at radius 3 is 2.94 bits per heavy atom. The molecule has 2 aromatic rings. The number of nitrogens with zero attached hydrogens (tertiary/aromatic N) is 2. The van der Waals surface area contributed by atoms with Crippen LogP contribution in [0.3, 0.4) is 0 Å². The SMILES string of the molecule is CCNc1nc(NCC2CC2C)c2ccsc2n1. The third-order valence-electron chi connectivity index (χ3n) is 3.47. The molecular weight excluding hydrogens is 244 g/mol. The van der Waals surface area contributed by atoms with Crippen LogP contribution in [-0.2, 0) is 0 Å². The van der Waals surface area contributed by atoms with E-state index in [1.807, 2.05) is 0 Å². The Morgan fingerprint density at radius 1 is 1.39 bits per heavy atom. The van der Waals surface area contributed by atoms with Gasteiger partial charge in [0.05, 0.1) is 5.39 Å². The molecule has 0 aliphatic heterocycles. The molecule has 2 unspecified atom stereocenters. The van der Waals surface area contributed by atoms with Gasteiger partial charge in [-0.05, 0) is 36.6 Å². The standard InChI is InChI=1S/C13H18N4S/c1-3-14-13-16-11(15-7-9-6-8(9)2)10-4-5-18-12(10)17-13/h4-5,8-9H,3,6-7H2,1-2H3,(H2,14,15,16,17). The topological polar surface area (TPSA) is 49.8 Å². The monoisotopic (exact) mass is 262 g/mol. The summed E-state index contributed by atoms with van der Waals surface area (Å²) in [6.07, 6.45) is 1.34. The predicted octanol–water partition coefficient (Wildman–Crippen LogP) is 3.19. The van der Waals surface area contributed by atoms with Crippen molar-refractivity contribution in [1.29, 1.82) is 0 Å². The van der Waals surface area contributed by atoms with E-state index >= 15 is 0 Å². The van der Waals surface area contributed by atoms with Crippen molar-refractivity contribution in [1.82, 2.24) is 9.97 Å². The normalized spacial score (nSPS) is 22.1. The number of hydrogen-bond acceptors (Lipinski definition) is 5. The molecular formula is C13H18N4S. The molecule has 1 aliphatic carbocycles. The van der Waals surface area contributed by atoms with Crippen LogP contribution in [0.2, 0.25) is 0 Å². The molecule has 5 heteroatoms. The van der Waals surface area contributed by atoms with Gasteiger partial charge in [-0.15, -0.1) is 11.3 Å². The van der Waals surface area contributed by atoms with Crippen molar-refractivity contribution in [2.75, 3.05) is 23.7 Å². The van der Waals surface area contributed by atoms with E-state index in [-0.39, 0.29) is 0 Å². The van der Waals surface area contributed by atoms with Crippen molar-refractivity contribution < 1.29 is 0 Å². The Labute approximate surface area is 111 Å². The van der Waals surface area contributed by atoms with Crippen LogP contribution < -0.4 is 10.6 Å². The summed E-state index contributed by atoms with van der Waals surface area (Å²) in [5.74, 6) is 3.37. The minimum absolute atomic E-state index is 0.721. The largest absolute Gasteiger partial charge is 0.369 e. The number of nitrogens with one attached hydrogen (secondary N) is 2. The first-order chi connectivity index (χ1) is 8.78. The molecule has 0 aromatic carbocycles. The van der Waals surface area contributed by atoms with E-state index in [9.17, 15) is 0 Å². The quantitative estimate of drug-likeness (QED) is 0.869. The van der Waals surface area contributed by atoms with Gasteiger partial charge in [0, 0.05) is 13.1 Å². The predicted molar refractivity (Wildman–Crippen MR) is 77.3 cm³/mol. The number of anilines is 2. The number of fused-ring (bicyclic) bond motifs is 1. The van der Waals surface area contributed by atoms with E-state index in [4.69, 9.17) is 0 Å². The molecule has 0 spiro atoms. The summed E-state index contributed by atoms with van der Waals surface area (Å²) in [5.41, 5.74) is 0. The highest BCUT2D eigenvalue weighted by molar-refractivity contribution is 7.16. The molecule has 1 aliphatic rings. The Morgan fingerprint density at radius 2 is 2.22 bits per heavy atom. The van der Waals surface area contributed by atoms with Crippen LogP contribution in [-0.4, -0.2) is 23.1 Å². The molecule has 96 valence electrons. The van der Waals surface area contributed by atoms with Crippen molar-refractivity contribution in [2.24, 2.45) is 11.8 Å². The van der Waals surface area contributed by atoms with Crippen molar-refractivity contribution in [3.63, 3.8) is 0 Å². The second-order valence-electron chi connectivity index (χ2n) is 4.92. The zero-order chi connectivity index (χ0) is 12.5. The summed E-state index contributed by atoms with van der Waals surface area (Å²) in [6.45, 7) is 6.22. The highest BCUT2D eigenvalue weighted by atomic mass is 32.1. The van der Waals surface area contributed by atoms with Crippen LogP contribution in [0, 0.1) is 11.8 Å². The third kappa shape index (κ3) is 2.27. The number of aromatic nitrogens is 2. The molecule has 2 N–H and O–H groups in total. The molecule has 2 aromatic heterocycles. The fourth-order valence-corrected chi connectivity index (χ4v) is 2.90. The lowest BCUT2D eigenvalue weighted by atomic mass is 10.3. The highest BCUT2D eigenvalue weighted by Gasteiger charge is 2.32. The molecule has 2 atom stereocenters. The molecule has 3 rings (SSSR count). The van der Waals surface area contributed by atoms with E-state index in [1.54, 1.807) is 11.3 Å². The molecule has 1 fully saturated rings. The highest BCUT2D eigenvalue weighted by Crippen LogP contribution is 2.38. The van der Waals surface area contributed by atoms with Gasteiger partial charge in [-0.25, -0.2) is 4.98 Å². The van der Waals surface area contributed by atoms with Gasteiger partial charge in [-0.3, -0.25) is 0 Å². The van der Waals surface area contributed by atoms with Crippen LogP contribution in [0.15, 0.2) is 11.4 Å². The summed E-state index contributed by atoms with van der Waals surface area (Å²) >= 11 is 1.66. The second-order valence-corrected chi connectivity index (χ2v) is 5.81. The number of thiophene rings is 1. The first-order valence-electron chi connectivity index (χ1n) is 6.51. The maximum absolute atomic E-state index is 4.56. The summed E-state index contributed by atoms with van der Waals surface area (Å²) in [6, 6.07) is 2.09. The maximum Gasteiger partial charge on any atom is 0.226 e. The van der Waals surface area contributed by atoms with Crippen molar-refractivity contribution in [2.45, 2.75) is 20.3 Å². The molecule has 0 radical (unpaired) electrons. The van der Waals surface area contributed by atoms with Crippen molar-refractivity contribution >= 4 is 33.3 Å². The zero-order valence-corrected chi connectivity index (χ0v) is 11.5. The van der Waals surface area contributed by atoms with Crippen LogP contribution in [0.25, 0.3) is 10.2 Å². The fourth-order valence-electron chi connectivity index (χ4n) is 2.14. The van der Waals surface area contributed by atoms with Gasteiger partial charge < -0.3 is 10.6 Å². The third-order valence-corrected chi connectivity index (χ3v) is 4.27. The second kappa shape index (κ2) is 4.72. The first kappa shape index (κ1) is 11.7. The molecule has 4 nitrogen and oxygen atoms in total. The Kier molecular flexibility index (Phi) is 3.07.